The summed E-state index contributed by atoms with van der Waals surface area (Å²) in [5, 5.41) is 22.2. The summed E-state index contributed by atoms with van der Waals surface area (Å²) in [5.74, 6) is 0.0523. The molecular weight excluding hydrogens is 309 g/mol. The van der Waals surface area contributed by atoms with E-state index >= 15 is 0 Å². The lowest BCUT2D eigenvalue weighted by molar-refractivity contribution is 0.128. The van der Waals surface area contributed by atoms with E-state index in [1.807, 2.05) is 0 Å². The van der Waals surface area contributed by atoms with E-state index in [-0.39, 0.29) is 18.4 Å². The molecule has 0 spiro atoms. The number of hydrogen-bond acceptors (Lipinski definition) is 4. The number of aliphatic hydroxyl groups is 1. The highest BCUT2D eigenvalue weighted by Crippen LogP contribution is 2.31. The second kappa shape index (κ2) is 7.18. The van der Waals surface area contributed by atoms with E-state index < -0.39 is 0 Å². The maximum absolute atomic E-state index is 9.75. The molecule has 1 rings (SSSR count). The minimum atomic E-state index is -0.169. The Morgan fingerprint density at radius 3 is 2.82 bits per heavy atom. The zero-order chi connectivity index (χ0) is 12.8. The highest BCUT2D eigenvalue weighted by molar-refractivity contribution is 9.10. The van der Waals surface area contributed by atoms with Gasteiger partial charge < -0.3 is 20.3 Å². The van der Waals surface area contributed by atoms with Crippen molar-refractivity contribution >= 4 is 27.5 Å². The van der Waals surface area contributed by atoms with E-state index in [0.29, 0.717) is 23.7 Å². The molecule has 1 aromatic carbocycles. The lowest BCUT2D eigenvalue weighted by atomic mass is 10.2. The highest BCUT2D eigenvalue weighted by atomic mass is 79.9. The quantitative estimate of drug-likeness (QED) is 0.748. The summed E-state index contributed by atoms with van der Waals surface area (Å²) in [4.78, 5) is 0. The number of aromatic hydroxyl groups is 1. The Bertz CT molecular complexity index is 376. The van der Waals surface area contributed by atoms with Gasteiger partial charge in [-0.05, 0) is 12.1 Å². The number of benzene rings is 1. The van der Waals surface area contributed by atoms with Crippen LogP contribution in [-0.2, 0) is 11.3 Å². The molecular formula is C11H15BrClNO3. The molecule has 0 bridgehead atoms. The van der Waals surface area contributed by atoms with Gasteiger partial charge in [-0.2, -0.15) is 0 Å². The van der Waals surface area contributed by atoms with Gasteiger partial charge in [-0.3, -0.25) is 0 Å². The van der Waals surface area contributed by atoms with Crippen molar-refractivity contribution < 1.29 is 14.9 Å². The number of halogens is 2. The summed E-state index contributed by atoms with van der Waals surface area (Å²) in [6.07, 6.45) is 0. The number of rotatable bonds is 6. The van der Waals surface area contributed by atoms with Crippen LogP contribution in [0.3, 0.4) is 0 Å². The van der Waals surface area contributed by atoms with Crippen LogP contribution in [0.25, 0.3) is 0 Å². The zero-order valence-electron chi connectivity index (χ0n) is 9.41. The molecule has 1 unspecified atom stereocenters. The molecule has 0 heterocycles. The van der Waals surface area contributed by atoms with Gasteiger partial charge in [0, 0.05) is 23.7 Å². The fourth-order valence-corrected chi connectivity index (χ4v) is 2.26. The normalized spacial score (nSPS) is 12.7. The summed E-state index contributed by atoms with van der Waals surface area (Å²) in [6, 6.07) is 3.23. The third-order valence-corrected chi connectivity index (χ3v) is 3.02. The molecule has 0 saturated heterocycles. The Hall–Kier alpha value is -0.330. The Labute approximate surface area is 114 Å². The second-order valence-corrected chi connectivity index (χ2v) is 4.93. The number of ether oxygens (including phenoxy) is 1. The molecule has 1 atom stereocenters. The van der Waals surface area contributed by atoms with E-state index in [9.17, 15) is 5.11 Å². The summed E-state index contributed by atoms with van der Waals surface area (Å²) in [5.41, 5.74) is 0.666. The number of phenols is 1. The predicted octanol–water partition coefficient (Wildman–Crippen LogP) is 1.90. The van der Waals surface area contributed by atoms with Crippen LogP contribution in [0.1, 0.15) is 5.56 Å². The molecule has 0 aliphatic carbocycles. The van der Waals surface area contributed by atoms with Crippen LogP contribution in [0, 0.1) is 0 Å². The van der Waals surface area contributed by atoms with Gasteiger partial charge >= 0.3 is 0 Å². The maximum Gasteiger partial charge on any atom is 0.138 e. The SMILES string of the molecule is COCC(CO)NCc1cc(Br)cc(Cl)c1O. The van der Waals surface area contributed by atoms with Crippen LogP contribution in [0.2, 0.25) is 5.02 Å². The van der Waals surface area contributed by atoms with Crippen LogP contribution >= 0.6 is 27.5 Å². The van der Waals surface area contributed by atoms with Gasteiger partial charge in [0.2, 0.25) is 0 Å². The number of aliphatic hydroxyl groups excluding tert-OH is 1. The minimum absolute atomic E-state index is 0.0314. The lowest BCUT2D eigenvalue weighted by Gasteiger charge is -2.16. The molecule has 4 nitrogen and oxygen atoms in total. The molecule has 0 aliphatic rings. The molecule has 0 fully saturated rings. The van der Waals surface area contributed by atoms with Crippen LogP contribution < -0.4 is 5.32 Å². The van der Waals surface area contributed by atoms with Crippen LogP contribution in [0.5, 0.6) is 5.75 Å². The lowest BCUT2D eigenvalue weighted by Crippen LogP contribution is -2.35. The molecule has 17 heavy (non-hydrogen) atoms. The summed E-state index contributed by atoms with van der Waals surface area (Å²) >= 11 is 9.15. The summed E-state index contributed by atoms with van der Waals surface area (Å²) < 4.78 is 5.74. The van der Waals surface area contributed by atoms with Crippen molar-refractivity contribution in [1.82, 2.24) is 5.32 Å². The van der Waals surface area contributed by atoms with E-state index in [1.165, 1.54) is 0 Å². The van der Waals surface area contributed by atoms with Gasteiger partial charge in [-0.1, -0.05) is 27.5 Å². The molecule has 0 radical (unpaired) electrons. The van der Waals surface area contributed by atoms with Crippen molar-refractivity contribution in [3.8, 4) is 5.75 Å². The molecule has 0 saturated carbocycles. The average molecular weight is 325 g/mol. The summed E-state index contributed by atoms with van der Waals surface area (Å²) in [7, 11) is 1.57. The fraction of sp³-hybridized carbons (Fsp3) is 0.455. The maximum atomic E-state index is 9.75. The third-order valence-electron chi connectivity index (χ3n) is 2.28. The Morgan fingerprint density at radius 1 is 1.53 bits per heavy atom. The van der Waals surface area contributed by atoms with Crippen molar-refractivity contribution in [2.24, 2.45) is 0 Å². The molecule has 0 aromatic heterocycles. The van der Waals surface area contributed by atoms with Crippen LogP contribution in [0.4, 0.5) is 0 Å². The number of methoxy groups -OCH3 is 1. The Balaban J connectivity index is 2.68. The topological polar surface area (TPSA) is 61.7 Å². The number of hydrogen-bond donors (Lipinski definition) is 3. The number of nitrogens with one attached hydrogen (secondary N) is 1. The van der Waals surface area contributed by atoms with Gasteiger partial charge in [0.1, 0.15) is 5.75 Å². The first kappa shape index (κ1) is 14.7. The molecule has 3 N–H and O–H groups in total. The minimum Gasteiger partial charge on any atom is -0.506 e. The summed E-state index contributed by atoms with van der Waals surface area (Å²) in [6.45, 7) is 0.773. The van der Waals surface area contributed by atoms with Crippen LogP contribution in [-0.4, -0.2) is 36.6 Å². The Kier molecular flexibility index (Phi) is 6.22. The predicted molar refractivity (Wildman–Crippen MR) is 70.4 cm³/mol. The number of phenolic OH excluding ortho intramolecular Hbond substituents is 1. The first-order valence-corrected chi connectivity index (χ1v) is 6.25. The zero-order valence-corrected chi connectivity index (χ0v) is 11.8. The van der Waals surface area contributed by atoms with Crippen LogP contribution in [0.15, 0.2) is 16.6 Å². The van der Waals surface area contributed by atoms with Crippen molar-refractivity contribution in [2.45, 2.75) is 12.6 Å². The van der Waals surface area contributed by atoms with E-state index in [4.69, 9.17) is 21.4 Å². The van der Waals surface area contributed by atoms with E-state index in [1.54, 1.807) is 19.2 Å². The van der Waals surface area contributed by atoms with Crippen molar-refractivity contribution in [3.63, 3.8) is 0 Å². The molecule has 6 heteroatoms. The first-order chi connectivity index (χ1) is 8.08. The first-order valence-electron chi connectivity index (χ1n) is 5.08. The van der Waals surface area contributed by atoms with E-state index in [0.717, 1.165) is 4.47 Å². The van der Waals surface area contributed by atoms with Gasteiger partial charge in [0.15, 0.2) is 0 Å². The van der Waals surface area contributed by atoms with Crippen molar-refractivity contribution in [1.29, 1.82) is 0 Å². The standard InChI is InChI=1S/C11H15BrClNO3/c1-17-6-9(5-15)14-4-7-2-8(12)3-10(13)11(7)16/h2-3,9,14-16H,4-6H2,1H3. The monoisotopic (exact) mass is 323 g/mol. The van der Waals surface area contributed by atoms with Gasteiger partial charge in [0.05, 0.1) is 24.3 Å². The smallest absolute Gasteiger partial charge is 0.138 e. The van der Waals surface area contributed by atoms with Crippen molar-refractivity contribution in [2.75, 3.05) is 20.3 Å². The van der Waals surface area contributed by atoms with Gasteiger partial charge in [0.25, 0.3) is 0 Å². The molecule has 0 aliphatic heterocycles. The second-order valence-electron chi connectivity index (χ2n) is 3.61. The van der Waals surface area contributed by atoms with Gasteiger partial charge in [-0.15, -0.1) is 0 Å². The van der Waals surface area contributed by atoms with E-state index in [2.05, 4.69) is 21.2 Å². The highest BCUT2D eigenvalue weighted by Gasteiger charge is 2.10. The largest absolute Gasteiger partial charge is 0.506 e. The Morgan fingerprint density at radius 2 is 2.24 bits per heavy atom. The van der Waals surface area contributed by atoms with Gasteiger partial charge in [-0.25, -0.2) is 0 Å². The third kappa shape index (κ3) is 4.44. The molecule has 0 amide bonds. The molecule has 1 aromatic rings. The van der Waals surface area contributed by atoms with Crippen molar-refractivity contribution in [3.05, 3.63) is 27.2 Å². The fourth-order valence-electron chi connectivity index (χ4n) is 1.39. The average Bonchev–Trinajstić information content (AvgIpc) is 2.30. The molecule has 96 valence electrons.